The predicted octanol–water partition coefficient (Wildman–Crippen LogP) is 4.73. The summed E-state index contributed by atoms with van der Waals surface area (Å²) in [6.07, 6.45) is 5.70. The Morgan fingerprint density at radius 1 is 1.23 bits per heavy atom. The fourth-order valence-corrected chi connectivity index (χ4v) is 5.92. The van der Waals surface area contributed by atoms with Crippen LogP contribution in [-0.2, 0) is 6.54 Å². The number of piperidine rings is 1. The van der Waals surface area contributed by atoms with E-state index < -0.39 is 11.7 Å². The van der Waals surface area contributed by atoms with Crippen LogP contribution in [0.5, 0.6) is 0 Å². The van der Waals surface area contributed by atoms with Gasteiger partial charge in [0, 0.05) is 25.6 Å². The number of carbonyl (C=O) groups excluding carboxylic acids is 2. The summed E-state index contributed by atoms with van der Waals surface area (Å²) in [6, 6.07) is 6.94. The van der Waals surface area contributed by atoms with E-state index >= 15 is 0 Å². The molecule has 3 heterocycles. The number of nitrogens with one attached hydrogen (secondary N) is 1. The number of hydrogen-bond donors (Lipinski definition) is 2. The van der Waals surface area contributed by atoms with Crippen LogP contribution in [0.25, 0.3) is 0 Å². The summed E-state index contributed by atoms with van der Waals surface area (Å²) in [5.41, 5.74) is 7.68. The van der Waals surface area contributed by atoms with Gasteiger partial charge in [0.15, 0.2) is 17.3 Å². The largest absolute Gasteiger partial charge is 0.364 e. The van der Waals surface area contributed by atoms with Crippen LogP contribution in [0.3, 0.4) is 0 Å². The first-order chi connectivity index (χ1) is 18.7. The summed E-state index contributed by atoms with van der Waals surface area (Å²) in [5, 5.41) is 3.90. The Bertz CT molecular complexity index is 1370. The molecule has 39 heavy (non-hydrogen) atoms. The normalized spacial score (nSPS) is 19.4. The van der Waals surface area contributed by atoms with Crippen molar-refractivity contribution in [2.75, 3.05) is 30.9 Å². The zero-order chi connectivity index (χ0) is 27.7. The second kappa shape index (κ2) is 11.4. The monoisotopic (exact) mass is 551 g/mol. The highest BCUT2D eigenvalue weighted by molar-refractivity contribution is 7.10. The van der Waals surface area contributed by atoms with E-state index in [4.69, 9.17) is 10.7 Å². The molecular weight excluding hydrogens is 517 g/mol. The number of Topliss-reactive ketones (excluding diaryl/α,β-unsaturated/α-hetero) is 1. The quantitative estimate of drug-likeness (QED) is 0.347. The molecule has 11 heteroatoms. The minimum Gasteiger partial charge on any atom is -0.364 e. The van der Waals surface area contributed by atoms with Crippen molar-refractivity contribution >= 4 is 39.9 Å². The molecule has 3 N–H and O–H groups in total. The molecule has 1 aliphatic heterocycles. The lowest BCUT2D eigenvalue weighted by Crippen LogP contribution is -2.44. The number of amides is 1. The zero-order valence-electron chi connectivity index (χ0n) is 22.5. The molecule has 2 aliphatic rings. The van der Waals surface area contributed by atoms with Gasteiger partial charge in [-0.05, 0) is 93.8 Å². The average Bonchev–Trinajstić information content (AvgIpc) is 3.65. The van der Waals surface area contributed by atoms with E-state index in [9.17, 15) is 14.0 Å². The molecule has 0 radical (unpaired) electrons. The molecule has 2 aromatic heterocycles. The number of primary amides is 1. The smallest absolute Gasteiger partial charge is 0.271 e. The number of hydrogen-bond acceptors (Lipinski definition) is 9. The fourth-order valence-electron chi connectivity index (χ4n) is 5.27. The van der Waals surface area contributed by atoms with Gasteiger partial charge < -0.3 is 20.9 Å². The Balaban J connectivity index is 1.32. The molecule has 0 spiro atoms. The molecule has 1 aromatic carbocycles. The average molecular weight is 552 g/mol. The number of ketones is 1. The minimum absolute atomic E-state index is 0.0258. The third-order valence-electron chi connectivity index (χ3n) is 7.50. The number of halogens is 1. The van der Waals surface area contributed by atoms with Crippen molar-refractivity contribution in [2.24, 2.45) is 11.7 Å². The van der Waals surface area contributed by atoms with Crippen LogP contribution in [-0.4, -0.2) is 57.6 Å². The molecule has 2 atom stereocenters. The van der Waals surface area contributed by atoms with Crippen LogP contribution in [0.2, 0.25) is 0 Å². The van der Waals surface area contributed by atoms with E-state index in [1.54, 1.807) is 12.3 Å². The van der Waals surface area contributed by atoms with E-state index in [1.807, 2.05) is 31.1 Å². The number of rotatable bonds is 10. The van der Waals surface area contributed by atoms with Gasteiger partial charge in [0.1, 0.15) is 16.6 Å². The molecule has 0 bridgehead atoms. The highest BCUT2D eigenvalue weighted by Crippen LogP contribution is 2.40. The molecule has 1 amide bonds. The van der Waals surface area contributed by atoms with Gasteiger partial charge in [0.2, 0.25) is 0 Å². The van der Waals surface area contributed by atoms with Gasteiger partial charge in [-0.3, -0.25) is 9.59 Å². The van der Waals surface area contributed by atoms with Crippen molar-refractivity contribution in [3.63, 3.8) is 0 Å². The molecule has 206 valence electrons. The molecule has 1 saturated carbocycles. The van der Waals surface area contributed by atoms with E-state index in [-0.39, 0.29) is 41.2 Å². The van der Waals surface area contributed by atoms with Gasteiger partial charge in [-0.25, -0.2) is 14.4 Å². The van der Waals surface area contributed by atoms with Gasteiger partial charge in [-0.1, -0.05) is 6.07 Å². The molecule has 2 fully saturated rings. The van der Waals surface area contributed by atoms with Gasteiger partial charge >= 0.3 is 0 Å². The Morgan fingerprint density at radius 3 is 2.72 bits per heavy atom. The number of anilines is 3. The maximum atomic E-state index is 14.8. The fraction of sp³-hybridized carbons (Fsp3) is 0.464. The van der Waals surface area contributed by atoms with Crippen molar-refractivity contribution in [1.82, 2.24) is 19.2 Å². The lowest BCUT2D eigenvalue weighted by atomic mass is 9.84. The summed E-state index contributed by atoms with van der Waals surface area (Å²) in [5.74, 6) is 0.0360. The maximum absolute atomic E-state index is 14.8. The predicted molar refractivity (Wildman–Crippen MR) is 150 cm³/mol. The zero-order valence-corrected chi connectivity index (χ0v) is 23.3. The highest BCUT2D eigenvalue weighted by Gasteiger charge is 2.32. The van der Waals surface area contributed by atoms with Crippen molar-refractivity contribution < 1.29 is 14.0 Å². The molecule has 5 rings (SSSR count). The minimum atomic E-state index is -0.681. The first-order valence-corrected chi connectivity index (χ1v) is 14.1. The summed E-state index contributed by atoms with van der Waals surface area (Å²) in [6.45, 7) is 3.47. The summed E-state index contributed by atoms with van der Waals surface area (Å²) in [7, 11) is 3.93. The first-order valence-electron chi connectivity index (χ1n) is 13.3. The number of carbonyl (C=O) groups is 2. The molecule has 3 aromatic rings. The Hall–Kier alpha value is -3.44. The molecule has 9 nitrogen and oxygen atoms in total. The maximum Gasteiger partial charge on any atom is 0.271 e. The first kappa shape index (κ1) is 27.1. The number of aromatic nitrogens is 3. The third kappa shape index (κ3) is 6.25. The van der Waals surface area contributed by atoms with Crippen LogP contribution in [0.1, 0.15) is 77.0 Å². The standard InChI is InChI=1S/C28H34FN7O2S/c1-16-18(12-23(37)21-9-8-19(11-22(21)29)17-6-7-17)5-4-10-36(16)24-14-31-26(27(30)38)28(32-24)33-25-13-20(34-39-25)15-35(2)3/h8-9,11,13-14,16-18H,4-7,10,12,15H2,1-3H3,(H2,30,38)(H,32,33)/t16-,18+/m1/s1. The Kier molecular flexibility index (Phi) is 7.90. The van der Waals surface area contributed by atoms with Crippen molar-refractivity contribution in [2.45, 2.75) is 57.5 Å². The van der Waals surface area contributed by atoms with Crippen LogP contribution in [0, 0.1) is 11.7 Å². The SMILES string of the molecule is C[C@@H]1[C@H](CC(=O)c2ccc(C3CC3)cc2F)CCCN1c1cnc(C(N)=O)c(Nc2cc(CN(C)C)ns2)n1. The Labute approximate surface area is 231 Å². The van der Waals surface area contributed by atoms with Gasteiger partial charge in [-0.2, -0.15) is 4.37 Å². The van der Waals surface area contributed by atoms with Crippen LogP contribution in [0.4, 0.5) is 21.0 Å². The summed E-state index contributed by atoms with van der Waals surface area (Å²) < 4.78 is 19.2. The van der Waals surface area contributed by atoms with Gasteiger partial charge in [-0.15, -0.1) is 0 Å². The second-order valence-electron chi connectivity index (χ2n) is 10.8. The second-order valence-corrected chi connectivity index (χ2v) is 11.6. The number of nitrogens with two attached hydrogens (primary N) is 1. The third-order valence-corrected chi connectivity index (χ3v) is 8.25. The summed E-state index contributed by atoms with van der Waals surface area (Å²) >= 11 is 1.27. The van der Waals surface area contributed by atoms with Crippen molar-refractivity contribution in [3.8, 4) is 0 Å². The van der Waals surface area contributed by atoms with E-state index in [1.165, 1.54) is 17.6 Å². The summed E-state index contributed by atoms with van der Waals surface area (Å²) in [4.78, 5) is 38.4. The van der Waals surface area contributed by atoms with Gasteiger partial charge in [0.25, 0.3) is 5.91 Å². The van der Waals surface area contributed by atoms with Crippen LogP contribution < -0.4 is 16.0 Å². The topological polar surface area (TPSA) is 117 Å². The van der Waals surface area contributed by atoms with Crippen molar-refractivity contribution in [1.29, 1.82) is 0 Å². The molecule has 0 unspecified atom stereocenters. The Morgan fingerprint density at radius 2 is 2.03 bits per heavy atom. The van der Waals surface area contributed by atoms with E-state index in [0.717, 1.165) is 48.5 Å². The lowest BCUT2D eigenvalue weighted by Gasteiger charge is -2.40. The van der Waals surface area contributed by atoms with Gasteiger partial charge in [0.05, 0.1) is 17.5 Å². The van der Waals surface area contributed by atoms with E-state index in [2.05, 4.69) is 26.5 Å². The van der Waals surface area contributed by atoms with Crippen LogP contribution >= 0.6 is 11.5 Å². The lowest BCUT2D eigenvalue weighted by molar-refractivity contribution is 0.0940. The number of nitrogens with zero attached hydrogens (tertiary/aromatic N) is 5. The molecule has 1 saturated heterocycles. The highest BCUT2D eigenvalue weighted by atomic mass is 32.1. The van der Waals surface area contributed by atoms with E-state index in [0.29, 0.717) is 18.3 Å². The number of benzene rings is 1. The van der Waals surface area contributed by atoms with Crippen molar-refractivity contribution in [3.05, 3.63) is 58.8 Å². The molecular formula is C28H34FN7O2S. The molecule has 1 aliphatic carbocycles. The van der Waals surface area contributed by atoms with Crippen LogP contribution in [0.15, 0.2) is 30.5 Å².